The van der Waals surface area contributed by atoms with Crippen LogP contribution in [-0.4, -0.2) is 25.7 Å². The summed E-state index contributed by atoms with van der Waals surface area (Å²) in [7, 11) is 3.29. The zero-order valence-electron chi connectivity index (χ0n) is 14.6. The number of ether oxygens (including phenoxy) is 2. The number of hydrogen-bond acceptors (Lipinski definition) is 5. The number of methoxy groups -OCH3 is 2. The van der Waals surface area contributed by atoms with E-state index in [-0.39, 0.29) is 11.3 Å². The molecule has 4 nitrogen and oxygen atoms in total. The molecule has 0 aliphatic carbocycles. The second-order valence-corrected chi connectivity index (χ2v) is 7.54. The number of nitrogens with zero attached hydrogens (tertiary/aromatic N) is 1. The Morgan fingerprint density at radius 1 is 1.17 bits per heavy atom. The molecule has 0 radical (unpaired) electrons. The first kappa shape index (κ1) is 17.8. The van der Waals surface area contributed by atoms with Gasteiger partial charge in [-0.1, -0.05) is 26.8 Å². The van der Waals surface area contributed by atoms with Gasteiger partial charge in [0, 0.05) is 23.3 Å². The van der Waals surface area contributed by atoms with Crippen LogP contribution in [0.15, 0.2) is 23.6 Å². The van der Waals surface area contributed by atoms with Crippen molar-refractivity contribution in [3.63, 3.8) is 0 Å². The van der Waals surface area contributed by atoms with Crippen molar-refractivity contribution < 1.29 is 9.47 Å². The highest BCUT2D eigenvalue weighted by Crippen LogP contribution is 2.32. The van der Waals surface area contributed by atoms with Crippen LogP contribution >= 0.6 is 11.3 Å². The molecule has 0 bridgehead atoms. The monoisotopic (exact) mass is 334 g/mol. The lowest BCUT2D eigenvalue weighted by molar-refractivity contribution is 0.354. The molecule has 0 saturated carbocycles. The highest BCUT2D eigenvalue weighted by atomic mass is 32.1. The Morgan fingerprint density at radius 3 is 2.39 bits per heavy atom. The lowest BCUT2D eigenvalue weighted by Gasteiger charge is -2.16. The molecule has 0 amide bonds. The van der Waals surface area contributed by atoms with Crippen molar-refractivity contribution in [3.05, 3.63) is 39.8 Å². The molecular formula is C18H26N2O2S. The minimum Gasteiger partial charge on any atom is -0.493 e. The standard InChI is InChI=1S/C18H26N2O2S/c1-18(2,3)16-11-23-17(20-16)13(10-19)8-12-6-7-14(21-4)15(9-12)22-5/h6-7,9,11,13H,8,10,19H2,1-5H3. The van der Waals surface area contributed by atoms with Gasteiger partial charge in [0.05, 0.1) is 24.9 Å². The average Bonchev–Trinajstić information content (AvgIpc) is 3.02. The van der Waals surface area contributed by atoms with Gasteiger partial charge in [-0.15, -0.1) is 11.3 Å². The molecule has 0 aliphatic heterocycles. The first-order valence-electron chi connectivity index (χ1n) is 7.76. The number of rotatable bonds is 6. The quantitative estimate of drug-likeness (QED) is 0.874. The first-order valence-corrected chi connectivity index (χ1v) is 8.64. The summed E-state index contributed by atoms with van der Waals surface area (Å²) >= 11 is 1.70. The molecule has 1 atom stereocenters. The summed E-state index contributed by atoms with van der Waals surface area (Å²) < 4.78 is 10.7. The molecule has 0 aliphatic rings. The molecule has 1 aromatic carbocycles. The molecule has 1 heterocycles. The van der Waals surface area contributed by atoms with Gasteiger partial charge in [0.2, 0.25) is 0 Å². The number of hydrogen-bond donors (Lipinski definition) is 1. The van der Waals surface area contributed by atoms with E-state index in [0.717, 1.165) is 28.6 Å². The van der Waals surface area contributed by atoms with Gasteiger partial charge in [-0.3, -0.25) is 0 Å². The lowest BCUT2D eigenvalue weighted by Crippen LogP contribution is -2.16. The number of thiazole rings is 1. The molecule has 0 saturated heterocycles. The Labute approximate surface area is 142 Å². The Hall–Kier alpha value is -1.59. The lowest BCUT2D eigenvalue weighted by atomic mass is 9.93. The van der Waals surface area contributed by atoms with Crippen LogP contribution in [0.1, 0.15) is 43.0 Å². The Balaban J connectivity index is 2.21. The highest BCUT2D eigenvalue weighted by molar-refractivity contribution is 7.09. The van der Waals surface area contributed by atoms with Crippen LogP contribution in [0.2, 0.25) is 0 Å². The average molecular weight is 334 g/mol. The van der Waals surface area contributed by atoms with Gasteiger partial charge in [0.1, 0.15) is 0 Å². The van der Waals surface area contributed by atoms with Gasteiger partial charge in [-0.2, -0.15) is 0 Å². The summed E-state index contributed by atoms with van der Waals surface area (Å²) in [4.78, 5) is 4.81. The zero-order chi connectivity index (χ0) is 17.0. The number of nitrogens with two attached hydrogens (primary N) is 1. The first-order chi connectivity index (χ1) is 10.9. The van der Waals surface area contributed by atoms with Crippen molar-refractivity contribution in [2.24, 2.45) is 5.73 Å². The molecule has 23 heavy (non-hydrogen) atoms. The maximum absolute atomic E-state index is 6.01. The van der Waals surface area contributed by atoms with Crippen molar-refractivity contribution in [2.75, 3.05) is 20.8 Å². The fourth-order valence-corrected chi connectivity index (χ4v) is 3.54. The Morgan fingerprint density at radius 2 is 1.87 bits per heavy atom. The van der Waals surface area contributed by atoms with E-state index in [4.69, 9.17) is 20.2 Å². The van der Waals surface area contributed by atoms with Crippen molar-refractivity contribution >= 4 is 11.3 Å². The molecule has 2 rings (SSSR count). The van der Waals surface area contributed by atoms with Crippen LogP contribution in [0.3, 0.4) is 0 Å². The van der Waals surface area contributed by atoms with Gasteiger partial charge in [0.25, 0.3) is 0 Å². The van der Waals surface area contributed by atoms with Crippen LogP contribution in [0.5, 0.6) is 11.5 Å². The minimum atomic E-state index is 0.0667. The van der Waals surface area contributed by atoms with Gasteiger partial charge >= 0.3 is 0 Å². The topological polar surface area (TPSA) is 57.4 Å². The van der Waals surface area contributed by atoms with E-state index in [2.05, 4.69) is 32.2 Å². The molecular weight excluding hydrogens is 308 g/mol. The molecule has 0 fully saturated rings. The summed E-state index contributed by atoms with van der Waals surface area (Å²) in [6.45, 7) is 7.11. The van der Waals surface area contributed by atoms with E-state index in [1.165, 1.54) is 5.56 Å². The summed E-state index contributed by atoms with van der Waals surface area (Å²) in [6.07, 6.45) is 0.841. The summed E-state index contributed by atoms with van der Waals surface area (Å²) in [5.74, 6) is 1.70. The predicted octanol–water partition coefficient (Wildman–Crippen LogP) is 3.74. The molecule has 2 N–H and O–H groups in total. The van der Waals surface area contributed by atoms with E-state index in [1.807, 2.05) is 12.1 Å². The fraction of sp³-hybridized carbons (Fsp3) is 0.500. The van der Waals surface area contributed by atoms with Crippen LogP contribution < -0.4 is 15.2 Å². The second kappa shape index (κ2) is 7.32. The number of aromatic nitrogens is 1. The zero-order valence-corrected chi connectivity index (χ0v) is 15.4. The van der Waals surface area contributed by atoms with Gasteiger partial charge < -0.3 is 15.2 Å². The SMILES string of the molecule is COc1ccc(CC(CN)c2nc(C(C)(C)C)cs2)cc1OC. The molecule has 0 spiro atoms. The molecule has 126 valence electrons. The van der Waals surface area contributed by atoms with Crippen molar-refractivity contribution in [1.82, 2.24) is 4.98 Å². The molecule has 1 aromatic heterocycles. The van der Waals surface area contributed by atoms with Gasteiger partial charge in [0.15, 0.2) is 11.5 Å². The van der Waals surface area contributed by atoms with Crippen LogP contribution in [-0.2, 0) is 11.8 Å². The number of benzene rings is 1. The van der Waals surface area contributed by atoms with E-state index < -0.39 is 0 Å². The summed E-state index contributed by atoms with van der Waals surface area (Å²) in [5, 5.41) is 3.25. The largest absolute Gasteiger partial charge is 0.493 e. The van der Waals surface area contributed by atoms with Gasteiger partial charge in [-0.25, -0.2) is 4.98 Å². The molecule has 1 unspecified atom stereocenters. The summed E-state index contributed by atoms with van der Waals surface area (Å²) in [6, 6.07) is 6.01. The third kappa shape index (κ3) is 4.24. The van der Waals surface area contributed by atoms with Crippen LogP contribution in [0.25, 0.3) is 0 Å². The third-order valence-electron chi connectivity index (χ3n) is 3.85. The summed E-state index contributed by atoms with van der Waals surface area (Å²) in [5.41, 5.74) is 8.37. The Kier molecular flexibility index (Phi) is 5.65. The fourth-order valence-electron chi connectivity index (χ4n) is 2.38. The van der Waals surface area contributed by atoms with Crippen LogP contribution in [0, 0.1) is 0 Å². The third-order valence-corrected chi connectivity index (χ3v) is 4.86. The molecule has 5 heteroatoms. The van der Waals surface area contributed by atoms with Crippen LogP contribution in [0.4, 0.5) is 0 Å². The second-order valence-electron chi connectivity index (χ2n) is 6.65. The van der Waals surface area contributed by atoms with Crippen molar-refractivity contribution in [2.45, 2.75) is 38.5 Å². The maximum Gasteiger partial charge on any atom is 0.160 e. The maximum atomic E-state index is 6.01. The van der Waals surface area contributed by atoms with E-state index in [0.29, 0.717) is 6.54 Å². The highest BCUT2D eigenvalue weighted by Gasteiger charge is 2.21. The van der Waals surface area contributed by atoms with E-state index in [1.54, 1.807) is 25.6 Å². The normalized spacial score (nSPS) is 13.0. The minimum absolute atomic E-state index is 0.0667. The predicted molar refractivity (Wildman–Crippen MR) is 95.9 cm³/mol. The van der Waals surface area contributed by atoms with Crippen molar-refractivity contribution in [3.8, 4) is 11.5 Å². The van der Waals surface area contributed by atoms with Crippen molar-refractivity contribution in [1.29, 1.82) is 0 Å². The molecule has 2 aromatic rings. The Bertz CT molecular complexity index is 647. The van der Waals surface area contributed by atoms with E-state index >= 15 is 0 Å². The smallest absolute Gasteiger partial charge is 0.160 e. The van der Waals surface area contributed by atoms with E-state index in [9.17, 15) is 0 Å². The van der Waals surface area contributed by atoms with Gasteiger partial charge in [-0.05, 0) is 24.1 Å².